The van der Waals surface area contributed by atoms with Crippen molar-refractivity contribution in [2.45, 2.75) is 11.6 Å². The van der Waals surface area contributed by atoms with Crippen LogP contribution in [0.2, 0.25) is 6.04 Å². The number of benzene rings is 5. The van der Waals surface area contributed by atoms with Gasteiger partial charge in [-0.15, -0.1) is 0 Å². The van der Waals surface area contributed by atoms with Gasteiger partial charge >= 0.3 is 0 Å². The molecule has 34 heavy (non-hydrogen) atoms. The topological polar surface area (TPSA) is 0 Å². The van der Waals surface area contributed by atoms with Crippen molar-refractivity contribution in [3.63, 3.8) is 0 Å². The van der Waals surface area contributed by atoms with Crippen LogP contribution in [0.3, 0.4) is 0 Å². The SMILES string of the molecule is c1ccc(C(C[SiH](c2ccccc2)c2ccccc2)[SiH](c2ccccc2)c2ccccc2)cc1. The molecule has 0 radical (unpaired) electrons. The quantitative estimate of drug-likeness (QED) is 0.295. The van der Waals surface area contributed by atoms with Crippen LogP contribution in [0.4, 0.5) is 0 Å². The zero-order chi connectivity index (χ0) is 23.0. The Morgan fingerprint density at radius 2 is 0.706 bits per heavy atom. The van der Waals surface area contributed by atoms with Crippen molar-refractivity contribution >= 4 is 38.3 Å². The maximum atomic E-state index is 2.36. The van der Waals surface area contributed by atoms with Crippen molar-refractivity contribution in [3.8, 4) is 0 Å². The Morgan fingerprint density at radius 1 is 0.382 bits per heavy atom. The summed E-state index contributed by atoms with van der Waals surface area (Å²) in [4.78, 5) is 0. The molecule has 0 amide bonds. The molecular weight excluding hydrogens is 441 g/mol. The highest BCUT2D eigenvalue weighted by atomic mass is 28.3. The van der Waals surface area contributed by atoms with Gasteiger partial charge in [0.2, 0.25) is 0 Å². The standard InChI is InChI=1S/C32H30Si2/c1-6-16-27(17-7-1)32(34(30-22-12-4-13-23-30)31-24-14-5-15-25-31)26-33(28-18-8-2-9-19-28)29-20-10-3-11-21-29/h1-25,32-34H,26H2. The molecule has 0 aliphatic rings. The molecule has 5 aromatic rings. The van der Waals surface area contributed by atoms with Gasteiger partial charge in [-0.25, -0.2) is 0 Å². The van der Waals surface area contributed by atoms with Crippen molar-refractivity contribution < 1.29 is 0 Å². The summed E-state index contributed by atoms with van der Waals surface area (Å²) in [6.07, 6.45) is 0. The van der Waals surface area contributed by atoms with Crippen molar-refractivity contribution in [2.75, 3.05) is 0 Å². The van der Waals surface area contributed by atoms with Crippen molar-refractivity contribution in [2.24, 2.45) is 0 Å². The molecule has 0 spiro atoms. The van der Waals surface area contributed by atoms with E-state index in [2.05, 4.69) is 152 Å². The lowest BCUT2D eigenvalue weighted by Gasteiger charge is -2.31. The van der Waals surface area contributed by atoms with E-state index in [1.54, 1.807) is 0 Å². The Morgan fingerprint density at radius 3 is 1.09 bits per heavy atom. The molecule has 1 atom stereocenters. The second-order valence-electron chi connectivity index (χ2n) is 8.93. The van der Waals surface area contributed by atoms with E-state index in [9.17, 15) is 0 Å². The van der Waals surface area contributed by atoms with Gasteiger partial charge in [0, 0.05) is 0 Å². The van der Waals surface area contributed by atoms with Crippen LogP contribution in [0.5, 0.6) is 0 Å². The van der Waals surface area contributed by atoms with Gasteiger partial charge in [0.1, 0.15) is 17.6 Å². The molecule has 0 aromatic heterocycles. The predicted octanol–water partition coefficient (Wildman–Crippen LogP) is 4.39. The summed E-state index contributed by atoms with van der Waals surface area (Å²) in [6, 6.07) is 57.6. The summed E-state index contributed by atoms with van der Waals surface area (Å²) in [7, 11) is -3.01. The molecule has 0 aliphatic carbocycles. The maximum Gasteiger partial charge on any atom is 0.110 e. The molecule has 166 valence electrons. The Labute approximate surface area is 206 Å². The molecule has 2 heteroatoms. The van der Waals surface area contributed by atoms with Crippen molar-refractivity contribution in [1.82, 2.24) is 0 Å². The minimum Gasteiger partial charge on any atom is -0.0629 e. The van der Waals surface area contributed by atoms with Gasteiger partial charge in [-0.2, -0.15) is 0 Å². The highest BCUT2D eigenvalue weighted by Crippen LogP contribution is 2.25. The molecule has 0 bridgehead atoms. The lowest BCUT2D eigenvalue weighted by atomic mass is 10.2. The molecule has 0 saturated carbocycles. The van der Waals surface area contributed by atoms with Gasteiger partial charge in [-0.3, -0.25) is 0 Å². The summed E-state index contributed by atoms with van der Waals surface area (Å²) in [5, 5.41) is 6.11. The van der Waals surface area contributed by atoms with Crippen LogP contribution < -0.4 is 20.7 Å². The summed E-state index contributed by atoms with van der Waals surface area (Å²) in [5.74, 6) is 0. The average molecular weight is 471 g/mol. The van der Waals surface area contributed by atoms with Gasteiger partial charge in [0.15, 0.2) is 0 Å². The molecule has 0 aliphatic heterocycles. The Balaban J connectivity index is 1.66. The van der Waals surface area contributed by atoms with Gasteiger partial charge in [0.05, 0.1) is 0 Å². The summed E-state index contributed by atoms with van der Waals surface area (Å²) < 4.78 is 0. The minimum atomic E-state index is -1.56. The van der Waals surface area contributed by atoms with Crippen LogP contribution in [-0.4, -0.2) is 17.6 Å². The number of rotatable bonds is 8. The molecule has 0 nitrogen and oxygen atoms in total. The van der Waals surface area contributed by atoms with Crippen LogP contribution in [0, 0.1) is 0 Å². The lowest BCUT2D eigenvalue weighted by Crippen LogP contribution is -2.51. The molecule has 0 saturated heterocycles. The van der Waals surface area contributed by atoms with Crippen molar-refractivity contribution in [1.29, 1.82) is 0 Å². The monoisotopic (exact) mass is 470 g/mol. The maximum absolute atomic E-state index is 2.36. The number of hydrogen-bond acceptors (Lipinski definition) is 0. The van der Waals surface area contributed by atoms with Crippen molar-refractivity contribution in [3.05, 3.63) is 157 Å². The average Bonchev–Trinajstić information content (AvgIpc) is 2.93. The number of hydrogen-bond donors (Lipinski definition) is 0. The summed E-state index contributed by atoms with van der Waals surface area (Å²) in [5.41, 5.74) is 2.00. The third kappa shape index (κ3) is 5.19. The third-order valence-electron chi connectivity index (χ3n) is 6.84. The first kappa shape index (κ1) is 22.3. The van der Waals surface area contributed by atoms with Gasteiger partial charge in [-0.05, 0) is 17.1 Å². The predicted molar refractivity (Wildman–Crippen MR) is 153 cm³/mol. The first-order valence-electron chi connectivity index (χ1n) is 12.1. The van der Waals surface area contributed by atoms with E-state index in [4.69, 9.17) is 0 Å². The second kappa shape index (κ2) is 11.1. The molecule has 1 unspecified atom stereocenters. The summed E-state index contributed by atoms with van der Waals surface area (Å²) in [6.45, 7) is 0. The van der Waals surface area contributed by atoms with Crippen LogP contribution >= 0.6 is 0 Å². The van der Waals surface area contributed by atoms with E-state index in [1.165, 1.54) is 32.4 Å². The van der Waals surface area contributed by atoms with E-state index in [-0.39, 0.29) is 0 Å². The van der Waals surface area contributed by atoms with E-state index < -0.39 is 17.6 Å². The van der Waals surface area contributed by atoms with E-state index in [0.717, 1.165) is 0 Å². The van der Waals surface area contributed by atoms with E-state index in [1.807, 2.05) is 0 Å². The lowest BCUT2D eigenvalue weighted by molar-refractivity contribution is 1.04. The zero-order valence-electron chi connectivity index (χ0n) is 19.4. The van der Waals surface area contributed by atoms with Crippen LogP contribution in [-0.2, 0) is 0 Å². The van der Waals surface area contributed by atoms with Crippen LogP contribution in [0.1, 0.15) is 11.1 Å². The molecule has 0 N–H and O–H groups in total. The zero-order valence-corrected chi connectivity index (χ0v) is 21.7. The van der Waals surface area contributed by atoms with Gasteiger partial charge < -0.3 is 0 Å². The van der Waals surface area contributed by atoms with Crippen LogP contribution in [0.15, 0.2) is 152 Å². The fraction of sp³-hybridized carbons (Fsp3) is 0.0625. The largest absolute Gasteiger partial charge is 0.110 e. The smallest absolute Gasteiger partial charge is 0.0629 e. The Hall–Kier alpha value is -3.47. The minimum absolute atomic E-state index is 0.517. The van der Waals surface area contributed by atoms with E-state index >= 15 is 0 Å². The molecule has 5 rings (SSSR count). The molecular formula is C32H30Si2. The molecule has 0 fully saturated rings. The first-order chi connectivity index (χ1) is 16.9. The summed E-state index contributed by atoms with van der Waals surface area (Å²) >= 11 is 0. The van der Waals surface area contributed by atoms with E-state index in [0.29, 0.717) is 5.54 Å². The first-order valence-corrected chi connectivity index (χ1v) is 15.9. The van der Waals surface area contributed by atoms with Gasteiger partial charge in [-0.1, -0.05) is 172 Å². The highest BCUT2D eigenvalue weighted by molar-refractivity contribution is 6.90. The second-order valence-corrected chi connectivity index (χ2v) is 14.9. The van der Waals surface area contributed by atoms with Crippen LogP contribution in [0.25, 0.3) is 0 Å². The Kier molecular flexibility index (Phi) is 7.29. The molecule has 5 aromatic carbocycles. The normalized spacial score (nSPS) is 12.1. The third-order valence-corrected chi connectivity index (χ3v) is 14.4. The Bertz CT molecular complexity index is 1180. The van der Waals surface area contributed by atoms with Gasteiger partial charge in [0.25, 0.3) is 0 Å². The fourth-order valence-electron chi connectivity index (χ4n) is 5.23. The fourth-order valence-corrected chi connectivity index (χ4v) is 13.4. The molecule has 0 heterocycles. The highest BCUT2D eigenvalue weighted by Gasteiger charge is 2.32.